The molecule has 0 aliphatic heterocycles. The van der Waals surface area contributed by atoms with E-state index in [2.05, 4.69) is 43.5 Å². The quantitative estimate of drug-likeness (QED) is 0.472. The summed E-state index contributed by atoms with van der Waals surface area (Å²) in [7, 11) is 9.25. The molecule has 1 aromatic rings. The Morgan fingerprint density at radius 2 is 1.80 bits per heavy atom. The Morgan fingerprint density at radius 3 is 2.30 bits per heavy atom. The second kappa shape index (κ2) is 11.3. The zero-order valence-electron chi connectivity index (χ0n) is 19.8. The number of hydrogen-bond donors (Lipinski definition) is 2. The van der Waals surface area contributed by atoms with Crippen LogP contribution in [0.15, 0.2) is 17.1 Å². The molecule has 1 aliphatic rings. The Labute approximate surface area is 182 Å². The minimum atomic E-state index is 0.167. The minimum absolute atomic E-state index is 0.167. The Morgan fingerprint density at radius 1 is 1.13 bits per heavy atom. The van der Waals surface area contributed by atoms with E-state index in [1.165, 1.54) is 25.7 Å². The van der Waals surface area contributed by atoms with Gasteiger partial charge in [-0.3, -0.25) is 0 Å². The highest BCUT2D eigenvalue weighted by atomic mass is 16.5. The number of benzene rings is 1. The van der Waals surface area contributed by atoms with E-state index in [4.69, 9.17) is 19.2 Å². The van der Waals surface area contributed by atoms with Crippen LogP contribution in [-0.4, -0.2) is 64.9 Å². The van der Waals surface area contributed by atoms with E-state index in [1.807, 2.05) is 12.1 Å². The molecule has 1 aliphatic carbocycles. The molecule has 1 fully saturated rings. The molecule has 170 valence electrons. The number of likely N-dealkylation sites (N-methyl/N-ethyl adjacent to an activating group) is 1. The molecular formula is C23H40N4O3. The molecule has 0 heterocycles. The van der Waals surface area contributed by atoms with Crippen molar-refractivity contribution in [1.82, 2.24) is 15.5 Å². The van der Waals surface area contributed by atoms with Crippen LogP contribution in [-0.2, 0) is 6.54 Å². The first kappa shape index (κ1) is 24.1. The molecule has 7 nitrogen and oxygen atoms in total. The number of hydrogen-bond acceptors (Lipinski definition) is 5. The molecule has 0 amide bonds. The van der Waals surface area contributed by atoms with Gasteiger partial charge in [0.2, 0.25) is 5.75 Å². The van der Waals surface area contributed by atoms with Crippen molar-refractivity contribution < 1.29 is 14.2 Å². The maximum Gasteiger partial charge on any atom is 0.203 e. The molecule has 1 saturated carbocycles. The fourth-order valence-electron chi connectivity index (χ4n) is 4.34. The smallest absolute Gasteiger partial charge is 0.203 e. The molecule has 1 aromatic carbocycles. The van der Waals surface area contributed by atoms with Crippen molar-refractivity contribution in [2.45, 2.75) is 51.6 Å². The summed E-state index contributed by atoms with van der Waals surface area (Å²) in [5, 5.41) is 6.97. The van der Waals surface area contributed by atoms with Crippen LogP contribution in [0.25, 0.3) is 0 Å². The molecule has 2 unspecified atom stereocenters. The van der Waals surface area contributed by atoms with Crippen molar-refractivity contribution in [2.75, 3.05) is 48.5 Å². The second-order valence-corrected chi connectivity index (χ2v) is 8.40. The second-order valence-electron chi connectivity index (χ2n) is 8.40. The fraction of sp³-hybridized carbons (Fsp3) is 0.696. The van der Waals surface area contributed by atoms with E-state index in [0.717, 1.165) is 30.5 Å². The highest BCUT2D eigenvalue weighted by molar-refractivity contribution is 5.79. The number of aliphatic imine (C=N–C) groups is 1. The normalized spacial score (nSPS) is 22.0. The molecule has 0 aromatic heterocycles. The van der Waals surface area contributed by atoms with Gasteiger partial charge in [-0.1, -0.05) is 19.8 Å². The van der Waals surface area contributed by atoms with Gasteiger partial charge in [-0.05, 0) is 57.5 Å². The van der Waals surface area contributed by atoms with Crippen LogP contribution in [0.1, 0.15) is 45.1 Å². The minimum Gasteiger partial charge on any atom is -0.493 e. The predicted molar refractivity (Wildman–Crippen MR) is 123 cm³/mol. The summed E-state index contributed by atoms with van der Waals surface area (Å²) in [5.74, 6) is 3.45. The van der Waals surface area contributed by atoms with Crippen molar-refractivity contribution in [2.24, 2.45) is 10.9 Å². The fourth-order valence-corrected chi connectivity index (χ4v) is 4.34. The first-order chi connectivity index (χ1) is 14.4. The summed E-state index contributed by atoms with van der Waals surface area (Å²) in [6.07, 6.45) is 5.02. The van der Waals surface area contributed by atoms with E-state index in [-0.39, 0.29) is 5.54 Å². The Hall–Kier alpha value is -2.15. The number of ether oxygens (including phenoxy) is 3. The number of methoxy groups -OCH3 is 3. The van der Waals surface area contributed by atoms with Gasteiger partial charge in [0.1, 0.15) is 0 Å². The van der Waals surface area contributed by atoms with Crippen LogP contribution >= 0.6 is 0 Å². The lowest BCUT2D eigenvalue weighted by Gasteiger charge is -2.45. The van der Waals surface area contributed by atoms with Crippen molar-refractivity contribution in [3.05, 3.63) is 17.7 Å². The topological polar surface area (TPSA) is 67.4 Å². The third kappa shape index (κ3) is 5.94. The molecule has 30 heavy (non-hydrogen) atoms. The summed E-state index contributed by atoms with van der Waals surface area (Å²) < 4.78 is 16.3. The van der Waals surface area contributed by atoms with E-state index in [0.29, 0.717) is 23.8 Å². The molecule has 2 atom stereocenters. The Kier molecular flexibility index (Phi) is 9.08. The average molecular weight is 421 g/mol. The van der Waals surface area contributed by atoms with Gasteiger partial charge in [0.15, 0.2) is 17.5 Å². The van der Waals surface area contributed by atoms with Gasteiger partial charge >= 0.3 is 0 Å². The highest BCUT2D eigenvalue weighted by Crippen LogP contribution is 2.38. The summed E-state index contributed by atoms with van der Waals surface area (Å²) in [5.41, 5.74) is 1.16. The van der Waals surface area contributed by atoms with Crippen molar-refractivity contribution in [3.63, 3.8) is 0 Å². The molecule has 2 N–H and O–H groups in total. The van der Waals surface area contributed by atoms with E-state index >= 15 is 0 Å². The van der Waals surface area contributed by atoms with E-state index < -0.39 is 0 Å². The van der Waals surface area contributed by atoms with Gasteiger partial charge in [-0.25, -0.2) is 4.99 Å². The van der Waals surface area contributed by atoms with E-state index in [1.54, 1.807) is 21.3 Å². The van der Waals surface area contributed by atoms with Crippen LogP contribution in [0.2, 0.25) is 0 Å². The summed E-state index contributed by atoms with van der Waals surface area (Å²) >= 11 is 0. The zero-order valence-corrected chi connectivity index (χ0v) is 19.8. The van der Waals surface area contributed by atoms with Crippen LogP contribution in [0, 0.1) is 5.92 Å². The summed E-state index contributed by atoms with van der Waals surface area (Å²) in [6.45, 7) is 6.65. The molecule has 0 bridgehead atoms. The van der Waals surface area contributed by atoms with Crippen molar-refractivity contribution >= 4 is 5.96 Å². The number of nitrogens with zero attached hydrogens (tertiary/aromatic N) is 2. The van der Waals surface area contributed by atoms with Gasteiger partial charge in [0, 0.05) is 18.6 Å². The number of nitrogens with one attached hydrogen (secondary N) is 2. The first-order valence-corrected chi connectivity index (χ1v) is 10.9. The maximum atomic E-state index is 5.46. The zero-order chi connectivity index (χ0) is 22.1. The number of rotatable bonds is 9. The lowest BCUT2D eigenvalue weighted by molar-refractivity contribution is 0.0795. The van der Waals surface area contributed by atoms with Crippen molar-refractivity contribution in [1.29, 1.82) is 0 Å². The molecular weight excluding hydrogens is 380 g/mol. The third-order valence-corrected chi connectivity index (χ3v) is 6.09. The monoisotopic (exact) mass is 420 g/mol. The molecule has 0 spiro atoms. The van der Waals surface area contributed by atoms with Crippen molar-refractivity contribution in [3.8, 4) is 17.2 Å². The van der Waals surface area contributed by atoms with Crippen LogP contribution < -0.4 is 24.8 Å². The van der Waals surface area contributed by atoms with Crippen LogP contribution in [0.3, 0.4) is 0 Å². The molecule has 2 rings (SSSR count). The standard InChI is InChI=1S/C23H40N4O3/c1-8-24-22(26-16-23(27(3)4)11-9-10-17(2)14-23)25-15-18-12-19(28-5)21(30-7)20(13-18)29-6/h12-13,17H,8-11,14-16H2,1-7H3,(H2,24,25,26). The number of guanidine groups is 1. The van der Waals surface area contributed by atoms with E-state index in [9.17, 15) is 0 Å². The lowest BCUT2D eigenvalue weighted by atomic mass is 9.75. The van der Waals surface area contributed by atoms with Gasteiger partial charge in [-0.15, -0.1) is 0 Å². The Balaban J connectivity index is 2.16. The SMILES string of the molecule is CCNC(=NCc1cc(OC)c(OC)c(OC)c1)NCC1(N(C)C)CCCC(C)C1. The van der Waals surface area contributed by atoms with Gasteiger partial charge in [0.05, 0.1) is 27.9 Å². The third-order valence-electron chi connectivity index (χ3n) is 6.09. The Bertz CT molecular complexity index is 683. The van der Waals surface area contributed by atoms with Crippen LogP contribution in [0.4, 0.5) is 0 Å². The lowest BCUT2D eigenvalue weighted by Crippen LogP contribution is -2.56. The van der Waals surface area contributed by atoms with Crippen LogP contribution in [0.5, 0.6) is 17.2 Å². The maximum absolute atomic E-state index is 5.46. The highest BCUT2D eigenvalue weighted by Gasteiger charge is 2.36. The summed E-state index contributed by atoms with van der Waals surface area (Å²) in [6, 6.07) is 3.89. The molecule has 7 heteroatoms. The largest absolute Gasteiger partial charge is 0.493 e. The first-order valence-electron chi connectivity index (χ1n) is 10.9. The van der Waals surface area contributed by atoms with Gasteiger partial charge in [0.25, 0.3) is 0 Å². The van der Waals surface area contributed by atoms with Gasteiger partial charge < -0.3 is 29.7 Å². The molecule has 0 radical (unpaired) electrons. The summed E-state index contributed by atoms with van der Waals surface area (Å²) in [4.78, 5) is 7.20. The predicted octanol–water partition coefficient (Wildman–Crippen LogP) is 3.28. The molecule has 0 saturated heterocycles. The van der Waals surface area contributed by atoms with Gasteiger partial charge in [-0.2, -0.15) is 0 Å². The average Bonchev–Trinajstić information content (AvgIpc) is 2.74.